The van der Waals surface area contributed by atoms with Gasteiger partial charge in [-0.05, 0) is 36.8 Å². The summed E-state index contributed by atoms with van der Waals surface area (Å²) in [7, 11) is 0. The molecule has 1 aliphatic rings. The predicted octanol–water partition coefficient (Wildman–Crippen LogP) is 2.75. The van der Waals surface area contributed by atoms with Gasteiger partial charge in [-0.25, -0.2) is 8.78 Å². The number of hydrogen-bond acceptors (Lipinski definition) is 3. The van der Waals surface area contributed by atoms with Gasteiger partial charge in [0, 0.05) is 18.8 Å². The number of carbonyl (C=O) groups is 2. The maximum Gasteiger partial charge on any atom is 0.260 e. The molecular formula is C19H18F2N2O3. The third-order valence-electron chi connectivity index (χ3n) is 4.23. The van der Waals surface area contributed by atoms with Gasteiger partial charge in [0.2, 0.25) is 5.91 Å². The number of amides is 2. The summed E-state index contributed by atoms with van der Waals surface area (Å²) in [6.07, 6.45) is 0. The van der Waals surface area contributed by atoms with Crippen molar-refractivity contribution in [3.63, 3.8) is 0 Å². The molecule has 2 amide bonds. The van der Waals surface area contributed by atoms with E-state index in [4.69, 9.17) is 4.74 Å². The highest BCUT2D eigenvalue weighted by Gasteiger charge is 2.35. The maximum atomic E-state index is 13.5. The number of likely N-dealkylation sites (tertiary alicyclic amines) is 1. The van der Waals surface area contributed by atoms with Crippen LogP contribution in [0.5, 0.6) is 5.75 Å². The fraction of sp³-hybridized carbons (Fsp3) is 0.263. The number of ether oxygens (including phenoxy) is 1. The first-order valence-corrected chi connectivity index (χ1v) is 8.16. The van der Waals surface area contributed by atoms with Crippen LogP contribution in [0.15, 0.2) is 42.5 Å². The molecule has 26 heavy (non-hydrogen) atoms. The summed E-state index contributed by atoms with van der Waals surface area (Å²) in [4.78, 5) is 25.6. The van der Waals surface area contributed by atoms with Crippen LogP contribution in [0.25, 0.3) is 0 Å². The molecule has 0 radical (unpaired) electrons. The lowest BCUT2D eigenvalue weighted by Gasteiger charge is -2.38. The molecule has 0 aliphatic carbocycles. The van der Waals surface area contributed by atoms with Gasteiger partial charge in [-0.15, -0.1) is 0 Å². The van der Waals surface area contributed by atoms with Crippen molar-refractivity contribution < 1.29 is 23.1 Å². The number of anilines is 1. The number of para-hydroxylation sites is 1. The van der Waals surface area contributed by atoms with Crippen LogP contribution in [-0.4, -0.2) is 36.4 Å². The number of benzene rings is 2. The SMILES string of the molecule is Cc1ccc(NC(=O)C2CN(C(=O)COc3ccccc3F)C2)cc1F. The molecule has 3 rings (SSSR count). The van der Waals surface area contributed by atoms with Gasteiger partial charge in [0.15, 0.2) is 18.2 Å². The highest BCUT2D eigenvalue weighted by Crippen LogP contribution is 2.21. The number of carbonyl (C=O) groups excluding carboxylic acids is 2. The second-order valence-corrected chi connectivity index (χ2v) is 6.17. The third kappa shape index (κ3) is 3.99. The first kappa shape index (κ1) is 17.8. The topological polar surface area (TPSA) is 58.6 Å². The van der Waals surface area contributed by atoms with Crippen molar-refractivity contribution >= 4 is 17.5 Å². The van der Waals surface area contributed by atoms with Crippen molar-refractivity contribution in [2.75, 3.05) is 25.0 Å². The van der Waals surface area contributed by atoms with E-state index < -0.39 is 11.6 Å². The molecule has 1 fully saturated rings. The molecular weight excluding hydrogens is 342 g/mol. The molecule has 1 N–H and O–H groups in total. The van der Waals surface area contributed by atoms with Crippen LogP contribution in [0.1, 0.15) is 5.56 Å². The van der Waals surface area contributed by atoms with Crippen molar-refractivity contribution in [3.05, 3.63) is 59.7 Å². The van der Waals surface area contributed by atoms with Gasteiger partial charge in [-0.3, -0.25) is 9.59 Å². The zero-order chi connectivity index (χ0) is 18.7. The summed E-state index contributed by atoms with van der Waals surface area (Å²) in [6, 6.07) is 10.3. The Bertz CT molecular complexity index is 835. The Morgan fingerprint density at radius 1 is 1.15 bits per heavy atom. The highest BCUT2D eigenvalue weighted by molar-refractivity contribution is 5.94. The normalized spacial score (nSPS) is 13.9. The quantitative estimate of drug-likeness (QED) is 0.892. The Morgan fingerprint density at radius 2 is 1.88 bits per heavy atom. The van der Waals surface area contributed by atoms with Crippen LogP contribution in [0, 0.1) is 24.5 Å². The molecule has 0 atom stereocenters. The molecule has 2 aromatic carbocycles. The summed E-state index contributed by atoms with van der Waals surface area (Å²) in [5, 5.41) is 2.64. The van der Waals surface area contributed by atoms with E-state index in [0.29, 0.717) is 11.3 Å². The number of aryl methyl sites for hydroxylation is 1. The van der Waals surface area contributed by atoms with E-state index in [1.807, 2.05) is 0 Å². The number of nitrogens with zero attached hydrogens (tertiary/aromatic N) is 1. The van der Waals surface area contributed by atoms with Gasteiger partial charge in [0.1, 0.15) is 5.82 Å². The van der Waals surface area contributed by atoms with E-state index in [1.165, 1.54) is 29.2 Å². The Kier molecular flexibility index (Phi) is 5.16. The van der Waals surface area contributed by atoms with Crippen molar-refractivity contribution in [2.24, 2.45) is 5.92 Å². The Hall–Kier alpha value is -2.96. The van der Waals surface area contributed by atoms with E-state index in [1.54, 1.807) is 25.1 Å². The van der Waals surface area contributed by atoms with E-state index in [-0.39, 0.29) is 43.2 Å². The van der Waals surface area contributed by atoms with Gasteiger partial charge in [-0.1, -0.05) is 18.2 Å². The first-order chi connectivity index (χ1) is 12.4. The Balaban J connectivity index is 1.45. The molecule has 1 heterocycles. The van der Waals surface area contributed by atoms with Crippen molar-refractivity contribution in [1.29, 1.82) is 0 Å². The van der Waals surface area contributed by atoms with E-state index in [0.717, 1.165) is 0 Å². The minimum atomic E-state index is -0.536. The molecule has 0 unspecified atom stereocenters. The fourth-order valence-corrected chi connectivity index (χ4v) is 2.56. The third-order valence-corrected chi connectivity index (χ3v) is 4.23. The monoisotopic (exact) mass is 360 g/mol. The minimum absolute atomic E-state index is 0.0112. The minimum Gasteiger partial charge on any atom is -0.481 e. The lowest BCUT2D eigenvalue weighted by molar-refractivity contribution is -0.143. The average Bonchev–Trinajstić information content (AvgIpc) is 2.56. The van der Waals surface area contributed by atoms with Gasteiger partial charge >= 0.3 is 0 Å². The maximum absolute atomic E-state index is 13.5. The molecule has 7 heteroatoms. The van der Waals surface area contributed by atoms with Crippen LogP contribution in [0.3, 0.4) is 0 Å². The van der Waals surface area contributed by atoms with Crippen LogP contribution in [0.2, 0.25) is 0 Å². The number of nitrogens with one attached hydrogen (secondary N) is 1. The van der Waals surface area contributed by atoms with Gasteiger partial charge in [-0.2, -0.15) is 0 Å². The molecule has 0 bridgehead atoms. The molecule has 2 aromatic rings. The van der Waals surface area contributed by atoms with Crippen molar-refractivity contribution in [1.82, 2.24) is 4.90 Å². The standard InChI is InChI=1S/C19H18F2N2O3/c1-12-6-7-14(8-16(12)21)22-19(25)13-9-23(10-13)18(24)11-26-17-5-3-2-4-15(17)20/h2-8,13H,9-11H2,1H3,(H,22,25). The number of hydrogen-bond donors (Lipinski definition) is 1. The van der Waals surface area contributed by atoms with Gasteiger partial charge in [0.25, 0.3) is 5.91 Å². The molecule has 5 nitrogen and oxygen atoms in total. The summed E-state index contributed by atoms with van der Waals surface area (Å²) >= 11 is 0. The van der Waals surface area contributed by atoms with Crippen molar-refractivity contribution in [3.8, 4) is 5.75 Å². The average molecular weight is 360 g/mol. The van der Waals surface area contributed by atoms with E-state index in [9.17, 15) is 18.4 Å². The van der Waals surface area contributed by atoms with Crippen LogP contribution >= 0.6 is 0 Å². The molecule has 1 aliphatic heterocycles. The first-order valence-electron chi connectivity index (χ1n) is 8.16. The molecule has 1 saturated heterocycles. The van der Waals surface area contributed by atoms with Gasteiger partial charge in [0.05, 0.1) is 5.92 Å². The zero-order valence-electron chi connectivity index (χ0n) is 14.2. The molecule has 0 aromatic heterocycles. The molecule has 0 spiro atoms. The van der Waals surface area contributed by atoms with Gasteiger partial charge < -0.3 is 15.0 Å². The summed E-state index contributed by atoms with van der Waals surface area (Å²) < 4.78 is 32.1. The number of rotatable bonds is 5. The summed E-state index contributed by atoms with van der Waals surface area (Å²) in [5.74, 6) is -1.87. The fourth-order valence-electron chi connectivity index (χ4n) is 2.56. The van der Waals surface area contributed by atoms with E-state index in [2.05, 4.69) is 5.32 Å². The Morgan fingerprint density at radius 3 is 2.58 bits per heavy atom. The van der Waals surface area contributed by atoms with E-state index >= 15 is 0 Å². The van der Waals surface area contributed by atoms with Crippen LogP contribution in [0.4, 0.5) is 14.5 Å². The summed E-state index contributed by atoms with van der Waals surface area (Å²) in [6.45, 7) is 1.84. The lowest BCUT2D eigenvalue weighted by Crippen LogP contribution is -2.55. The smallest absolute Gasteiger partial charge is 0.260 e. The number of halogens is 2. The zero-order valence-corrected chi connectivity index (χ0v) is 14.2. The second-order valence-electron chi connectivity index (χ2n) is 6.17. The second kappa shape index (κ2) is 7.51. The predicted molar refractivity (Wildman–Crippen MR) is 91.7 cm³/mol. The lowest BCUT2D eigenvalue weighted by atomic mass is 9.99. The van der Waals surface area contributed by atoms with Crippen LogP contribution < -0.4 is 10.1 Å². The van der Waals surface area contributed by atoms with Crippen LogP contribution in [-0.2, 0) is 9.59 Å². The highest BCUT2D eigenvalue weighted by atomic mass is 19.1. The molecule has 0 saturated carbocycles. The largest absolute Gasteiger partial charge is 0.481 e. The Labute approximate surface area is 149 Å². The van der Waals surface area contributed by atoms with Crippen molar-refractivity contribution in [2.45, 2.75) is 6.92 Å². The molecule has 136 valence electrons. The summed E-state index contributed by atoms with van der Waals surface area (Å²) in [5.41, 5.74) is 0.879.